The molecular weight excluding hydrogens is 527 g/mol. The van der Waals surface area contributed by atoms with Crippen molar-refractivity contribution in [3.63, 3.8) is 0 Å². The molecular formula is C20H19Br2FN2O5. The zero-order valence-corrected chi connectivity index (χ0v) is 19.1. The van der Waals surface area contributed by atoms with E-state index < -0.39 is 42.2 Å². The summed E-state index contributed by atoms with van der Waals surface area (Å²) < 4.78 is 17.9. The molecule has 0 unspecified atom stereocenters. The summed E-state index contributed by atoms with van der Waals surface area (Å²) in [7, 11) is 0. The van der Waals surface area contributed by atoms with Gasteiger partial charge in [-0.3, -0.25) is 19.3 Å². The van der Waals surface area contributed by atoms with Crippen LogP contribution in [0.5, 0.6) is 0 Å². The number of halogens is 3. The number of nitrogens with one attached hydrogen (secondary N) is 1. The largest absolute Gasteiger partial charge is 0.454 e. The van der Waals surface area contributed by atoms with Crippen LogP contribution in [-0.2, 0) is 23.9 Å². The SMILES string of the molecule is C[C@H](C(=O)OCC(=O)Nc1ccc(F)cc1)N1C(=O)[C@@H]2[C@H]3C[C@@H]([C@H](Br)[C@H]3Br)[C@@H]2C1=O. The highest BCUT2D eigenvalue weighted by molar-refractivity contribution is 9.12. The summed E-state index contributed by atoms with van der Waals surface area (Å²) in [5, 5.41) is 2.47. The van der Waals surface area contributed by atoms with Gasteiger partial charge in [0.05, 0.1) is 11.8 Å². The molecule has 1 N–H and O–H groups in total. The Labute approximate surface area is 188 Å². The number of nitrogens with zero attached hydrogens (tertiary/aromatic N) is 1. The van der Waals surface area contributed by atoms with Gasteiger partial charge in [-0.15, -0.1) is 0 Å². The summed E-state index contributed by atoms with van der Waals surface area (Å²) in [6, 6.07) is 4.01. The molecule has 0 spiro atoms. The van der Waals surface area contributed by atoms with Crippen molar-refractivity contribution in [3.8, 4) is 0 Å². The average molecular weight is 546 g/mol. The zero-order valence-electron chi connectivity index (χ0n) is 15.9. The fourth-order valence-electron chi connectivity index (χ4n) is 4.85. The lowest BCUT2D eigenvalue weighted by Crippen LogP contribution is -2.45. The number of hydrogen-bond acceptors (Lipinski definition) is 5. The van der Waals surface area contributed by atoms with Crippen LogP contribution in [0.15, 0.2) is 24.3 Å². The number of benzene rings is 1. The van der Waals surface area contributed by atoms with E-state index in [2.05, 4.69) is 37.2 Å². The number of esters is 1. The Kier molecular flexibility index (Phi) is 5.73. The molecule has 2 aliphatic carbocycles. The summed E-state index contributed by atoms with van der Waals surface area (Å²) in [6.07, 6.45) is 0.800. The number of rotatable bonds is 5. The van der Waals surface area contributed by atoms with Gasteiger partial charge >= 0.3 is 5.97 Å². The highest BCUT2D eigenvalue weighted by atomic mass is 79.9. The summed E-state index contributed by atoms with van der Waals surface area (Å²) in [5.41, 5.74) is 0.354. The van der Waals surface area contributed by atoms with Crippen molar-refractivity contribution in [3.05, 3.63) is 30.1 Å². The second-order valence-corrected chi connectivity index (χ2v) is 10.0. The van der Waals surface area contributed by atoms with Crippen molar-refractivity contribution in [1.82, 2.24) is 4.90 Å². The van der Waals surface area contributed by atoms with Gasteiger partial charge in [-0.2, -0.15) is 0 Å². The predicted molar refractivity (Wildman–Crippen MR) is 111 cm³/mol. The van der Waals surface area contributed by atoms with Crippen molar-refractivity contribution in [2.45, 2.75) is 29.0 Å². The molecule has 3 aliphatic rings. The Morgan fingerprint density at radius 1 is 1.13 bits per heavy atom. The minimum Gasteiger partial charge on any atom is -0.454 e. The molecule has 3 fully saturated rings. The molecule has 4 rings (SSSR count). The van der Waals surface area contributed by atoms with Crippen LogP contribution in [-0.4, -0.2) is 50.9 Å². The number of carbonyl (C=O) groups is 4. The third kappa shape index (κ3) is 3.47. The molecule has 10 heteroatoms. The Bertz CT molecular complexity index is 879. The van der Waals surface area contributed by atoms with Crippen LogP contribution in [0.2, 0.25) is 0 Å². The Balaban J connectivity index is 1.36. The Morgan fingerprint density at radius 2 is 1.67 bits per heavy atom. The van der Waals surface area contributed by atoms with Crippen LogP contribution in [0.1, 0.15) is 13.3 Å². The maximum atomic E-state index is 12.9. The van der Waals surface area contributed by atoms with Crippen molar-refractivity contribution < 1.29 is 28.3 Å². The fourth-order valence-corrected chi connectivity index (χ4v) is 6.72. The van der Waals surface area contributed by atoms with Crippen LogP contribution in [0, 0.1) is 29.5 Å². The van der Waals surface area contributed by atoms with Crippen LogP contribution >= 0.6 is 31.9 Å². The van der Waals surface area contributed by atoms with Crippen LogP contribution in [0.25, 0.3) is 0 Å². The second-order valence-electron chi connectivity index (χ2n) is 7.89. The third-order valence-electron chi connectivity index (χ3n) is 6.22. The van der Waals surface area contributed by atoms with E-state index >= 15 is 0 Å². The minimum absolute atomic E-state index is 0.0514. The third-order valence-corrected chi connectivity index (χ3v) is 9.43. The van der Waals surface area contributed by atoms with E-state index in [1.165, 1.54) is 31.2 Å². The molecule has 1 heterocycles. The number of amides is 3. The van der Waals surface area contributed by atoms with Gasteiger partial charge in [0.25, 0.3) is 5.91 Å². The van der Waals surface area contributed by atoms with Gasteiger partial charge in [0.1, 0.15) is 11.9 Å². The molecule has 3 amide bonds. The molecule has 0 aromatic heterocycles. The number of carbonyl (C=O) groups excluding carboxylic acids is 4. The molecule has 7 nitrogen and oxygen atoms in total. The number of imide groups is 1. The zero-order chi connectivity index (χ0) is 21.7. The fraction of sp³-hybridized carbons (Fsp3) is 0.500. The number of ether oxygens (including phenoxy) is 1. The minimum atomic E-state index is -1.11. The van der Waals surface area contributed by atoms with Gasteiger partial charge in [-0.05, 0) is 49.4 Å². The Hall–Kier alpha value is -1.81. The summed E-state index contributed by atoms with van der Waals surface area (Å²) in [6.45, 7) is 0.845. The van der Waals surface area contributed by atoms with Gasteiger partial charge in [-0.25, -0.2) is 9.18 Å². The topological polar surface area (TPSA) is 92.8 Å². The first-order valence-electron chi connectivity index (χ1n) is 9.57. The summed E-state index contributed by atoms with van der Waals surface area (Å²) >= 11 is 7.23. The Morgan fingerprint density at radius 3 is 2.20 bits per heavy atom. The van der Waals surface area contributed by atoms with Gasteiger partial charge in [0.2, 0.25) is 11.8 Å². The van der Waals surface area contributed by atoms with Gasteiger partial charge in [0, 0.05) is 15.3 Å². The molecule has 30 heavy (non-hydrogen) atoms. The van der Waals surface area contributed by atoms with Crippen molar-refractivity contribution in [1.29, 1.82) is 0 Å². The monoisotopic (exact) mass is 544 g/mol. The molecule has 160 valence electrons. The number of likely N-dealkylation sites (tertiary alicyclic amines) is 1. The number of anilines is 1. The lowest BCUT2D eigenvalue weighted by molar-refractivity contribution is -0.159. The van der Waals surface area contributed by atoms with Gasteiger partial charge in [0.15, 0.2) is 6.61 Å². The smallest absolute Gasteiger partial charge is 0.329 e. The maximum absolute atomic E-state index is 12.9. The standard InChI is InChI=1S/C20H19Br2FN2O5/c1-8(20(29)30-7-13(26)24-10-4-2-9(23)3-5-10)25-18(27)14-11-6-12(15(14)19(25)28)17(22)16(11)21/h2-5,8,11-12,14-17H,6-7H2,1H3,(H,24,26)/t8-,11-,12-,14-,15+,16+,17+/m1/s1. The van der Waals surface area contributed by atoms with Gasteiger partial charge in [-0.1, -0.05) is 31.9 Å². The van der Waals surface area contributed by atoms with E-state index in [1.807, 2.05) is 0 Å². The van der Waals surface area contributed by atoms with Crippen molar-refractivity contribution in [2.75, 3.05) is 11.9 Å². The lowest BCUT2D eigenvalue weighted by Gasteiger charge is -2.28. The first-order valence-corrected chi connectivity index (χ1v) is 11.4. The van der Waals surface area contributed by atoms with Crippen molar-refractivity contribution >= 4 is 61.2 Å². The van der Waals surface area contributed by atoms with Crippen molar-refractivity contribution in [2.24, 2.45) is 23.7 Å². The maximum Gasteiger partial charge on any atom is 0.329 e. The molecule has 1 aliphatic heterocycles. The van der Waals surface area contributed by atoms with Crippen LogP contribution in [0.4, 0.5) is 10.1 Å². The van der Waals surface area contributed by atoms with E-state index in [1.54, 1.807) is 0 Å². The predicted octanol–water partition coefficient (Wildman–Crippen LogP) is 2.47. The molecule has 7 atom stereocenters. The van der Waals surface area contributed by atoms with Crippen LogP contribution < -0.4 is 5.32 Å². The van der Waals surface area contributed by atoms with Gasteiger partial charge < -0.3 is 10.1 Å². The molecule has 2 saturated carbocycles. The first-order chi connectivity index (χ1) is 14.2. The quantitative estimate of drug-likeness (QED) is 0.348. The van der Waals surface area contributed by atoms with Crippen LogP contribution in [0.3, 0.4) is 0 Å². The number of hydrogen-bond donors (Lipinski definition) is 1. The second kappa shape index (κ2) is 8.03. The first kappa shape index (κ1) is 21.4. The molecule has 1 aromatic carbocycles. The van der Waals surface area contributed by atoms with E-state index in [0.29, 0.717) is 5.69 Å². The summed E-state index contributed by atoms with van der Waals surface area (Å²) in [5.74, 6) is -3.31. The summed E-state index contributed by atoms with van der Waals surface area (Å²) in [4.78, 5) is 51.5. The number of fused-ring (bicyclic) bond motifs is 5. The van der Waals surface area contributed by atoms with E-state index in [9.17, 15) is 23.6 Å². The van der Waals surface area contributed by atoms with E-state index in [0.717, 1.165) is 11.3 Å². The lowest BCUT2D eigenvalue weighted by atomic mass is 9.81. The highest BCUT2D eigenvalue weighted by Crippen LogP contribution is 2.60. The molecule has 1 saturated heterocycles. The van der Waals surface area contributed by atoms with E-state index in [-0.39, 0.29) is 33.3 Å². The average Bonchev–Trinajstić information content (AvgIpc) is 3.32. The number of alkyl halides is 2. The molecule has 2 bridgehead atoms. The molecule has 1 aromatic rings. The highest BCUT2D eigenvalue weighted by Gasteiger charge is 2.67. The normalized spacial score (nSPS) is 32.9. The molecule has 0 radical (unpaired) electrons. The van der Waals surface area contributed by atoms with E-state index in [4.69, 9.17) is 4.74 Å².